The molecule has 0 radical (unpaired) electrons. The fourth-order valence-corrected chi connectivity index (χ4v) is 4.82. The predicted molar refractivity (Wildman–Crippen MR) is 81.1 cm³/mol. The van der Waals surface area contributed by atoms with Crippen LogP contribution in [0.4, 0.5) is 0 Å². The van der Waals surface area contributed by atoms with Gasteiger partial charge in [0, 0.05) is 11.8 Å². The van der Waals surface area contributed by atoms with E-state index < -0.39 is 17.2 Å². The third kappa shape index (κ3) is 1.92. The number of hydrogen-bond acceptors (Lipinski definition) is 3. The summed E-state index contributed by atoms with van der Waals surface area (Å²) < 4.78 is 5.98. The highest BCUT2D eigenvalue weighted by atomic mass is 35.5. The minimum atomic E-state index is -0.687. The number of ether oxygens (including phenoxy) is 1. The zero-order valence-corrected chi connectivity index (χ0v) is 13.4. The molecule has 118 valence electrons. The maximum absolute atomic E-state index is 12.4. The summed E-state index contributed by atoms with van der Waals surface area (Å²) in [4.78, 5) is 12.4. The summed E-state index contributed by atoms with van der Waals surface area (Å²) in [7, 11) is 0. The standard InChI is InChI=1S/C16H24ClNO3/c1-10-16(13(19)11-6-4-3-5-7-11)15(2,21-10)12(8-9-17)14(20)18-16/h4,6,10-13,19H,3,5,7-9H2,1-2H3,(H,18,20)/t10?,11-,12+,13+,15+,16-/m1/s1. The summed E-state index contributed by atoms with van der Waals surface area (Å²) in [5.74, 6) is 0.176. The van der Waals surface area contributed by atoms with E-state index in [1.165, 1.54) is 0 Å². The summed E-state index contributed by atoms with van der Waals surface area (Å²) in [6.07, 6.45) is 7.10. The molecule has 1 unspecified atom stereocenters. The summed E-state index contributed by atoms with van der Waals surface area (Å²) >= 11 is 5.85. The van der Waals surface area contributed by atoms with Gasteiger partial charge in [-0.15, -0.1) is 11.6 Å². The minimum absolute atomic E-state index is 0.0404. The zero-order valence-electron chi connectivity index (χ0n) is 12.6. The molecule has 21 heavy (non-hydrogen) atoms. The lowest BCUT2D eigenvalue weighted by Crippen LogP contribution is -2.81. The maximum atomic E-state index is 12.4. The molecule has 2 N–H and O–H groups in total. The van der Waals surface area contributed by atoms with Gasteiger partial charge in [-0.2, -0.15) is 0 Å². The molecule has 5 heteroatoms. The molecule has 4 nitrogen and oxygen atoms in total. The van der Waals surface area contributed by atoms with Gasteiger partial charge in [0.1, 0.15) is 11.1 Å². The summed E-state index contributed by atoms with van der Waals surface area (Å²) in [6, 6.07) is 0. The van der Waals surface area contributed by atoms with Crippen molar-refractivity contribution in [2.24, 2.45) is 11.8 Å². The van der Waals surface area contributed by atoms with Gasteiger partial charge in [0.05, 0.1) is 18.1 Å². The number of carbonyl (C=O) groups is 1. The first kappa shape index (κ1) is 15.3. The van der Waals surface area contributed by atoms with Crippen LogP contribution in [0.25, 0.3) is 0 Å². The van der Waals surface area contributed by atoms with Crippen molar-refractivity contribution >= 4 is 17.5 Å². The van der Waals surface area contributed by atoms with Gasteiger partial charge in [-0.1, -0.05) is 12.2 Å². The Labute approximate surface area is 130 Å². The Bertz CT molecular complexity index is 468. The van der Waals surface area contributed by atoms with Crippen LogP contribution in [-0.4, -0.2) is 40.2 Å². The van der Waals surface area contributed by atoms with Gasteiger partial charge in [-0.25, -0.2) is 0 Å². The quantitative estimate of drug-likeness (QED) is 0.616. The monoisotopic (exact) mass is 313 g/mol. The average molecular weight is 314 g/mol. The number of fused-ring (bicyclic) bond motifs is 1. The van der Waals surface area contributed by atoms with Crippen molar-refractivity contribution in [3.05, 3.63) is 12.2 Å². The molecule has 2 aliphatic heterocycles. The number of halogens is 1. The number of allylic oxidation sites excluding steroid dienone is 1. The topological polar surface area (TPSA) is 58.6 Å². The van der Waals surface area contributed by atoms with Crippen LogP contribution < -0.4 is 5.32 Å². The number of alkyl halides is 1. The molecule has 2 saturated heterocycles. The fraction of sp³-hybridized carbons (Fsp3) is 0.812. The zero-order chi connectivity index (χ0) is 15.3. The van der Waals surface area contributed by atoms with E-state index >= 15 is 0 Å². The Morgan fingerprint density at radius 1 is 1.62 bits per heavy atom. The molecule has 2 heterocycles. The van der Waals surface area contributed by atoms with Crippen LogP contribution in [0, 0.1) is 11.8 Å². The first-order valence-corrected chi connectivity index (χ1v) is 8.41. The summed E-state index contributed by atoms with van der Waals surface area (Å²) in [5.41, 5.74) is -1.35. The molecular formula is C16H24ClNO3. The lowest BCUT2D eigenvalue weighted by Gasteiger charge is -2.61. The lowest BCUT2D eigenvalue weighted by molar-refractivity contribution is -0.297. The molecule has 0 saturated carbocycles. The van der Waals surface area contributed by atoms with Crippen molar-refractivity contribution in [3.63, 3.8) is 0 Å². The highest BCUT2D eigenvalue weighted by Crippen LogP contribution is 2.56. The van der Waals surface area contributed by atoms with Crippen LogP contribution in [0.15, 0.2) is 12.2 Å². The van der Waals surface area contributed by atoms with E-state index in [0.29, 0.717) is 12.3 Å². The fourth-order valence-electron chi connectivity index (χ4n) is 4.60. The first-order chi connectivity index (χ1) is 9.97. The normalized spacial score (nSPS) is 46.7. The van der Waals surface area contributed by atoms with Crippen LogP contribution in [0.3, 0.4) is 0 Å². The molecule has 0 aromatic heterocycles. The van der Waals surface area contributed by atoms with Crippen LogP contribution in [0.1, 0.15) is 39.5 Å². The first-order valence-electron chi connectivity index (χ1n) is 7.88. The smallest absolute Gasteiger partial charge is 0.226 e. The third-order valence-electron chi connectivity index (χ3n) is 5.76. The van der Waals surface area contributed by atoms with Crippen molar-refractivity contribution in [2.75, 3.05) is 5.88 Å². The molecule has 1 aliphatic carbocycles. The van der Waals surface area contributed by atoms with Crippen molar-refractivity contribution < 1.29 is 14.6 Å². The van der Waals surface area contributed by atoms with E-state index in [0.717, 1.165) is 19.3 Å². The number of hydrogen-bond donors (Lipinski definition) is 2. The number of amides is 1. The van der Waals surface area contributed by atoms with E-state index in [1.54, 1.807) is 0 Å². The average Bonchev–Trinajstić information content (AvgIpc) is 2.65. The molecule has 0 bridgehead atoms. The Kier molecular flexibility index (Phi) is 3.83. The van der Waals surface area contributed by atoms with E-state index in [1.807, 2.05) is 13.8 Å². The van der Waals surface area contributed by atoms with Crippen LogP contribution in [0.5, 0.6) is 0 Å². The molecule has 1 amide bonds. The van der Waals surface area contributed by atoms with Gasteiger partial charge in [0.25, 0.3) is 0 Å². The SMILES string of the molecule is CC1O[C@@]2(C)[C@@H](CCCl)C(=O)N[C@@]12[C@@H](O)[C@@H]1C=CCCC1. The second-order valence-electron chi connectivity index (χ2n) is 6.72. The van der Waals surface area contributed by atoms with E-state index in [2.05, 4.69) is 17.5 Å². The summed E-state index contributed by atoms with van der Waals surface area (Å²) in [5, 5.41) is 14.1. The second-order valence-corrected chi connectivity index (χ2v) is 7.10. The van der Waals surface area contributed by atoms with Crippen LogP contribution >= 0.6 is 11.6 Å². The molecular weight excluding hydrogens is 290 g/mol. The largest absolute Gasteiger partial charge is 0.390 e. The highest BCUT2D eigenvalue weighted by Gasteiger charge is 2.75. The molecule has 3 rings (SSSR count). The minimum Gasteiger partial charge on any atom is -0.390 e. The number of nitrogens with one attached hydrogen (secondary N) is 1. The van der Waals surface area contributed by atoms with Gasteiger partial charge >= 0.3 is 0 Å². The van der Waals surface area contributed by atoms with Crippen molar-refractivity contribution in [2.45, 2.75) is 62.9 Å². The molecule has 0 aromatic carbocycles. The Morgan fingerprint density at radius 2 is 2.38 bits per heavy atom. The van der Waals surface area contributed by atoms with Gasteiger partial charge in [0.15, 0.2) is 0 Å². The number of aliphatic hydroxyl groups excluding tert-OH is 1. The third-order valence-corrected chi connectivity index (χ3v) is 5.98. The summed E-state index contributed by atoms with van der Waals surface area (Å²) in [6.45, 7) is 3.87. The van der Waals surface area contributed by atoms with Crippen LogP contribution in [-0.2, 0) is 9.53 Å². The Morgan fingerprint density at radius 3 is 2.95 bits per heavy atom. The van der Waals surface area contributed by atoms with Crippen LogP contribution in [0.2, 0.25) is 0 Å². The van der Waals surface area contributed by atoms with E-state index in [-0.39, 0.29) is 23.8 Å². The van der Waals surface area contributed by atoms with Crippen molar-refractivity contribution in [3.8, 4) is 0 Å². The van der Waals surface area contributed by atoms with Crippen molar-refractivity contribution in [1.82, 2.24) is 5.32 Å². The molecule has 0 aromatic rings. The van der Waals surface area contributed by atoms with Crippen molar-refractivity contribution in [1.29, 1.82) is 0 Å². The lowest BCUT2D eigenvalue weighted by atomic mass is 9.61. The van der Waals surface area contributed by atoms with Gasteiger partial charge in [0.2, 0.25) is 5.91 Å². The van der Waals surface area contributed by atoms with E-state index in [4.69, 9.17) is 16.3 Å². The van der Waals surface area contributed by atoms with Gasteiger partial charge in [-0.3, -0.25) is 4.79 Å². The molecule has 6 atom stereocenters. The predicted octanol–water partition coefficient (Wildman–Crippen LogP) is 1.99. The molecule has 0 spiro atoms. The Hall–Kier alpha value is -0.580. The highest BCUT2D eigenvalue weighted by molar-refractivity contribution is 6.18. The maximum Gasteiger partial charge on any atom is 0.226 e. The number of aliphatic hydroxyl groups is 1. The number of carbonyl (C=O) groups excluding carboxylic acids is 1. The number of rotatable bonds is 4. The molecule has 2 fully saturated rings. The second kappa shape index (κ2) is 5.25. The van der Waals surface area contributed by atoms with Gasteiger partial charge < -0.3 is 15.2 Å². The molecule has 3 aliphatic rings. The Balaban J connectivity index is 1.92. The van der Waals surface area contributed by atoms with E-state index in [9.17, 15) is 9.90 Å². The van der Waals surface area contributed by atoms with Gasteiger partial charge in [-0.05, 0) is 39.5 Å².